The highest BCUT2D eigenvalue weighted by Crippen LogP contribution is 2.14. The second-order valence-electron chi connectivity index (χ2n) is 6.53. The highest BCUT2D eigenvalue weighted by atomic mass is 32.1. The number of rotatable bonds is 5. The number of benzene rings is 1. The SMILES string of the molecule is S=C(NC[C@@H]1CCCO1)NC1CCN(Cc2ccccc2)CC1. The summed E-state index contributed by atoms with van der Waals surface area (Å²) in [6.07, 6.45) is 4.95. The molecule has 0 bridgehead atoms. The van der Waals surface area contributed by atoms with E-state index < -0.39 is 0 Å². The molecule has 0 aromatic heterocycles. The van der Waals surface area contributed by atoms with Gasteiger partial charge in [-0.15, -0.1) is 0 Å². The quantitative estimate of drug-likeness (QED) is 0.809. The van der Waals surface area contributed by atoms with E-state index in [4.69, 9.17) is 17.0 Å². The van der Waals surface area contributed by atoms with Crippen molar-refractivity contribution in [2.24, 2.45) is 0 Å². The Labute approximate surface area is 144 Å². The molecule has 2 N–H and O–H groups in total. The van der Waals surface area contributed by atoms with Crippen LogP contribution in [-0.4, -0.2) is 48.4 Å². The Balaban J connectivity index is 1.33. The third kappa shape index (κ3) is 5.44. The first-order chi connectivity index (χ1) is 11.3. The van der Waals surface area contributed by atoms with Crippen LogP contribution < -0.4 is 10.6 Å². The normalized spacial score (nSPS) is 22.9. The van der Waals surface area contributed by atoms with Crippen LogP contribution >= 0.6 is 12.2 Å². The van der Waals surface area contributed by atoms with Crippen LogP contribution in [0.15, 0.2) is 30.3 Å². The van der Waals surface area contributed by atoms with Crippen molar-refractivity contribution in [3.05, 3.63) is 35.9 Å². The summed E-state index contributed by atoms with van der Waals surface area (Å²) in [4.78, 5) is 2.52. The van der Waals surface area contributed by atoms with Gasteiger partial charge in [0, 0.05) is 38.8 Å². The van der Waals surface area contributed by atoms with Crippen LogP contribution in [0, 0.1) is 0 Å². The van der Waals surface area contributed by atoms with Gasteiger partial charge in [0.25, 0.3) is 0 Å². The van der Waals surface area contributed by atoms with E-state index >= 15 is 0 Å². The standard InChI is InChI=1S/C18H27N3OS/c23-18(19-13-17-7-4-12-22-17)20-16-8-10-21(11-9-16)14-15-5-2-1-3-6-15/h1-3,5-6,16-17H,4,7-14H2,(H2,19,20,23)/t17-/m0/s1. The first-order valence-electron chi connectivity index (χ1n) is 8.72. The molecular formula is C18H27N3OS. The Morgan fingerprint density at radius 3 is 2.65 bits per heavy atom. The number of ether oxygens (including phenoxy) is 1. The monoisotopic (exact) mass is 333 g/mol. The Morgan fingerprint density at radius 2 is 1.96 bits per heavy atom. The van der Waals surface area contributed by atoms with Crippen LogP contribution in [0.2, 0.25) is 0 Å². The molecule has 2 aliphatic rings. The van der Waals surface area contributed by atoms with Gasteiger partial charge in [0.15, 0.2) is 5.11 Å². The van der Waals surface area contributed by atoms with Crippen molar-refractivity contribution in [1.82, 2.24) is 15.5 Å². The smallest absolute Gasteiger partial charge is 0.166 e. The molecule has 0 radical (unpaired) electrons. The summed E-state index contributed by atoms with van der Waals surface area (Å²) in [7, 11) is 0. The number of hydrogen-bond acceptors (Lipinski definition) is 3. The minimum Gasteiger partial charge on any atom is -0.376 e. The fourth-order valence-corrected chi connectivity index (χ4v) is 3.58. The molecule has 1 aromatic carbocycles. The summed E-state index contributed by atoms with van der Waals surface area (Å²) >= 11 is 5.41. The predicted molar refractivity (Wildman–Crippen MR) is 97.5 cm³/mol. The van der Waals surface area contributed by atoms with Gasteiger partial charge < -0.3 is 15.4 Å². The van der Waals surface area contributed by atoms with E-state index in [0.29, 0.717) is 12.1 Å². The van der Waals surface area contributed by atoms with Crippen molar-refractivity contribution in [1.29, 1.82) is 0 Å². The number of hydrogen-bond donors (Lipinski definition) is 2. The van der Waals surface area contributed by atoms with Crippen LogP contribution in [0.3, 0.4) is 0 Å². The van der Waals surface area contributed by atoms with Gasteiger partial charge in [-0.1, -0.05) is 30.3 Å². The zero-order valence-corrected chi connectivity index (χ0v) is 14.5. The van der Waals surface area contributed by atoms with E-state index in [1.54, 1.807) is 0 Å². The van der Waals surface area contributed by atoms with E-state index in [1.807, 2.05) is 0 Å². The lowest BCUT2D eigenvalue weighted by Crippen LogP contribution is -2.48. The van der Waals surface area contributed by atoms with Crippen LogP contribution in [0.5, 0.6) is 0 Å². The molecule has 5 heteroatoms. The third-order valence-corrected chi connectivity index (χ3v) is 4.95. The number of nitrogens with zero attached hydrogens (tertiary/aromatic N) is 1. The van der Waals surface area contributed by atoms with Gasteiger partial charge in [-0.05, 0) is 43.5 Å². The van der Waals surface area contributed by atoms with E-state index in [1.165, 1.54) is 12.0 Å². The Hall–Kier alpha value is -1.17. The molecule has 126 valence electrons. The molecule has 2 saturated heterocycles. The molecule has 2 heterocycles. The van der Waals surface area contributed by atoms with E-state index in [2.05, 4.69) is 45.9 Å². The van der Waals surface area contributed by atoms with E-state index in [-0.39, 0.29) is 0 Å². The lowest BCUT2D eigenvalue weighted by molar-refractivity contribution is 0.114. The first-order valence-corrected chi connectivity index (χ1v) is 9.12. The molecule has 0 spiro atoms. The average molecular weight is 334 g/mol. The van der Waals surface area contributed by atoms with Gasteiger partial charge in [0.2, 0.25) is 0 Å². The van der Waals surface area contributed by atoms with Gasteiger partial charge in [-0.25, -0.2) is 0 Å². The molecule has 2 aliphatic heterocycles. The summed E-state index contributed by atoms with van der Waals surface area (Å²) in [5, 5.41) is 7.55. The molecule has 0 amide bonds. The summed E-state index contributed by atoms with van der Waals surface area (Å²) in [6.45, 7) is 5.03. The minimum absolute atomic E-state index is 0.336. The summed E-state index contributed by atoms with van der Waals surface area (Å²) in [5.41, 5.74) is 1.40. The van der Waals surface area contributed by atoms with Crippen LogP contribution in [0.1, 0.15) is 31.2 Å². The largest absolute Gasteiger partial charge is 0.376 e. The van der Waals surface area contributed by atoms with Gasteiger partial charge in [0.05, 0.1) is 6.10 Å². The van der Waals surface area contributed by atoms with Crippen LogP contribution in [0.25, 0.3) is 0 Å². The molecule has 0 unspecified atom stereocenters. The summed E-state index contributed by atoms with van der Waals surface area (Å²) < 4.78 is 5.61. The Kier molecular flexibility index (Phi) is 6.25. The maximum absolute atomic E-state index is 5.61. The molecule has 4 nitrogen and oxygen atoms in total. The topological polar surface area (TPSA) is 36.5 Å². The number of nitrogens with one attached hydrogen (secondary N) is 2. The Morgan fingerprint density at radius 1 is 1.17 bits per heavy atom. The molecule has 3 rings (SSSR count). The molecule has 1 atom stereocenters. The second-order valence-corrected chi connectivity index (χ2v) is 6.93. The zero-order valence-electron chi connectivity index (χ0n) is 13.7. The predicted octanol–water partition coefficient (Wildman–Crippen LogP) is 2.29. The number of piperidine rings is 1. The number of likely N-dealkylation sites (tertiary alicyclic amines) is 1. The fraction of sp³-hybridized carbons (Fsp3) is 0.611. The lowest BCUT2D eigenvalue weighted by Gasteiger charge is -2.33. The molecular weight excluding hydrogens is 306 g/mol. The van der Waals surface area contributed by atoms with Gasteiger partial charge >= 0.3 is 0 Å². The van der Waals surface area contributed by atoms with Gasteiger partial charge in [-0.2, -0.15) is 0 Å². The first kappa shape index (κ1) is 16.7. The molecule has 23 heavy (non-hydrogen) atoms. The Bertz CT molecular complexity index is 482. The third-order valence-electron chi connectivity index (χ3n) is 4.69. The average Bonchev–Trinajstić information content (AvgIpc) is 3.09. The second kappa shape index (κ2) is 8.62. The van der Waals surface area contributed by atoms with E-state index in [9.17, 15) is 0 Å². The lowest BCUT2D eigenvalue weighted by atomic mass is 10.0. The fourth-order valence-electron chi connectivity index (χ4n) is 3.33. The van der Waals surface area contributed by atoms with Crippen molar-refractivity contribution in [2.75, 3.05) is 26.2 Å². The molecule has 0 saturated carbocycles. The highest BCUT2D eigenvalue weighted by molar-refractivity contribution is 7.80. The summed E-state index contributed by atoms with van der Waals surface area (Å²) in [6, 6.07) is 11.2. The molecule has 0 aliphatic carbocycles. The van der Waals surface area contributed by atoms with Crippen LogP contribution in [0.4, 0.5) is 0 Å². The van der Waals surface area contributed by atoms with Crippen LogP contribution in [-0.2, 0) is 11.3 Å². The summed E-state index contributed by atoms with van der Waals surface area (Å²) in [5.74, 6) is 0. The zero-order chi connectivity index (χ0) is 15.9. The van der Waals surface area contributed by atoms with Crippen molar-refractivity contribution in [3.8, 4) is 0 Å². The molecule has 2 fully saturated rings. The van der Waals surface area contributed by atoms with Crippen molar-refractivity contribution in [3.63, 3.8) is 0 Å². The highest BCUT2D eigenvalue weighted by Gasteiger charge is 2.20. The minimum atomic E-state index is 0.336. The number of thiocarbonyl (C=S) groups is 1. The maximum Gasteiger partial charge on any atom is 0.166 e. The van der Waals surface area contributed by atoms with Crippen molar-refractivity contribution >= 4 is 17.3 Å². The van der Waals surface area contributed by atoms with Gasteiger partial charge in [0.1, 0.15) is 0 Å². The van der Waals surface area contributed by atoms with Crippen molar-refractivity contribution in [2.45, 2.75) is 44.4 Å². The molecule has 1 aromatic rings. The van der Waals surface area contributed by atoms with Crippen molar-refractivity contribution < 1.29 is 4.74 Å². The van der Waals surface area contributed by atoms with E-state index in [0.717, 1.165) is 57.2 Å². The maximum atomic E-state index is 5.61. The van der Waals surface area contributed by atoms with Gasteiger partial charge in [-0.3, -0.25) is 4.90 Å².